The Morgan fingerprint density at radius 3 is 1.87 bits per heavy atom. The average molecular weight is 342 g/mol. The molecule has 0 spiro atoms. The Morgan fingerprint density at radius 1 is 0.826 bits per heavy atom. The molecule has 2 aromatic carbocycles. The molecule has 2 rings (SSSR count). The maximum absolute atomic E-state index is 13.7. The lowest BCUT2D eigenvalue weighted by Gasteiger charge is -2.18. The fraction of sp³-hybridized carbons (Fsp3) is 0.143. The van der Waals surface area contributed by atoms with E-state index in [0.717, 1.165) is 12.1 Å². The van der Waals surface area contributed by atoms with Crippen molar-refractivity contribution in [2.75, 3.05) is 0 Å². The van der Waals surface area contributed by atoms with Gasteiger partial charge in [-0.1, -0.05) is 0 Å². The van der Waals surface area contributed by atoms with Crippen molar-refractivity contribution in [2.45, 2.75) is 12.5 Å². The van der Waals surface area contributed by atoms with Crippen LogP contribution < -0.4 is 4.74 Å². The van der Waals surface area contributed by atoms with Gasteiger partial charge in [0.2, 0.25) is 0 Å². The second kappa shape index (κ2) is 6.05. The van der Waals surface area contributed by atoms with Crippen molar-refractivity contribution in [2.24, 2.45) is 0 Å². The molecule has 23 heavy (non-hydrogen) atoms. The van der Waals surface area contributed by atoms with Crippen LogP contribution in [0, 0.1) is 23.3 Å². The molecule has 0 N–H and O–H groups in total. The number of hydrogen-bond donors (Lipinski definition) is 0. The van der Waals surface area contributed by atoms with Crippen molar-refractivity contribution < 1.29 is 39.9 Å². The third-order valence-electron chi connectivity index (χ3n) is 2.73. The summed E-state index contributed by atoms with van der Waals surface area (Å²) in [6.07, 6.45) is -9.42. The van der Waals surface area contributed by atoms with Gasteiger partial charge in [-0.3, -0.25) is 0 Å². The lowest BCUT2D eigenvalue weighted by atomic mass is 10.0. The molecule has 0 unspecified atom stereocenters. The van der Waals surface area contributed by atoms with Gasteiger partial charge in [-0.25, -0.2) is 17.6 Å². The zero-order valence-electron chi connectivity index (χ0n) is 10.9. The van der Waals surface area contributed by atoms with Gasteiger partial charge in [0.25, 0.3) is 0 Å². The van der Waals surface area contributed by atoms with Crippen molar-refractivity contribution in [3.63, 3.8) is 0 Å². The molecule has 0 aliphatic carbocycles. The van der Waals surface area contributed by atoms with E-state index in [1.807, 2.05) is 0 Å². The summed E-state index contributed by atoms with van der Waals surface area (Å²) in [4.78, 5) is 0. The first-order valence-corrected chi connectivity index (χ1v) is 5.91. The molecular weight excluding hydrogens is 336 g/mol. The van der Waals surface area contributed by atoms with Gasteiger partial charge in [0.15, 0.2) is 17.4 Å². The summed E-state index contributed by atoms with van der Waals surface area (Å²) in [6, 6.07) is 2.92. The van der Waals surface area contributed by atoms with Gasteiger partial charge >= 0.3 is 12.5 Å². The first kappa shape index (κ1) is 17.0. The van der Waals surface area contributed by atoms with E-state index in [4.69, 9.17) is 0 Å². The van der Waals surface area contributed by atoms with Crippen molar-refractivity contribution >= 4 is 0 Å². The Hall–Kier alpha value is -2.32. The molecule has 1 nitrogen and oxygen atoms in total. The van der Waals surface area contributed by atoms with E-state index >= 15 is 0 Å². The maximum Gasteiger partial charge on any atom is 0.461 e. The van der Waals surface area contributed by atoms with Crippen LogP contribution in [0.1, 0.15) is 0 Å². The predicted molar refractivity (Wildman–Crippen MR) is 63.3 cm³/mol. The van der Waals surface area contributed by atoms with E-state index in [1.54, 1.807) is 0 Å². The fourth-order valence-corrected chi connectivity index (χ4v) is 1.72. The monoisotopic (exact) mass is 342 g/mol. The molecule has 0 atom stereocenters. The highest BCUT2D eigenvalue weighted by atomic mass is 19.3. The Morgan fingerprint density at radius 2 is 1.39 bits per heavy atom. The van der Waals surface area contributed by atoms with Gasteiger partial charge < -0.3 is 4.74 Å². The van der Waals surface area contributed by atoms with E-state index in [-0.39, 0.29) is 0 Å². The molecule has 0 amide bonds. The number of ether oxygens (including phenoxy) is 1. The first-order valence-electron chi connectivity index (χ1n) is 5.91. The second-order valence-corrected chi connectivity index (χ2v) is 4.36. The summed E-state index contributed by atoms with van der Waals surface area (Å²) in [5.74, 6) is -7.33. The predicted octanol–water partition coefficient (Wildman–Crippen LogP) is 5.15. The highest BCUT2D eigenvalue weighted by molar-refractivity contribution is 5.65. The normalized spacial score (nSPS) is 11.9. The Bertz CT molecular complexity index is 706. The Kier molecular flexibility index (Phi) is 4.49. The zero-order valence-corrected chi connectivity index (χ0v) is 10.9. The maximum atomic E-state index is 13.7. The first-order chi connectivity index (χ1) is 10.6. The van der Waals surface area contributed by atoms with Crippen LogP contribution in [0.15, 0.2) is 30.3 Å². The number of halogens is 8. The summed E-state index contributed by atoms with van der Waals surface area (Å²) in [5.41, 5.74) is -0.874. The lowest BCUT2D eigenvalue weighted by molar-refractivity contribution is -0.255. The lowest BCUT2D eigenvalue weighted by Crippen LogP contribution is -2.34. The van der Waals surface area contributed by atoms with Gasteiger partial charge in [-0.2, -0.15) is 17.6 Å². The minimum absolute atomic E-state index is 0.399. The van der Waals surface area contributed by atoms with E-state index in [1.165, 1.54) is 0 Å². The molecule has 0 saturated carbocycles. The van der Waals surface area contributed by atoms with Crippen LogP contribution in [-0.2, 0) is 0 Å². The zero-order chi connectivity index (χ0) is 17.4. The van der Waals surface area contributed by atoms with Gasteiger partial charge in [-0.05, 0) is 29.8 Å². The fourth-order valence-electron chi connectivity index (χ4n) is 1.72. The van der Waals surface area contributed by atoms with Crippen molar-refractivity contribution in [1.29, 1.82) is 0 Å². The van der Waals surface area contributed by atoms with Crippen LogP contribution in [0.25, 0.3) is 11.1 Å². The topological polar surface area (TPSA) is 9.23 Å². The van der Waals surface area contributed by atoms with E-state index in [2.05, 4.69) is 4.74 Å². The molecule has 9 heteroatoms. The highest BCUT2D eigenvalue weighted by Crippen LogP contribution is 2.34. The Labute approximate surface area is 124 Å². The molecule has 0 aliphatic rings. The van der Waals surface area contributed by atoms with Crippen LogP contribution in [0.4, 0.5) is 35.1 Å². The largest absolute Gasteiger partial charge is 0.461 e. The molecule has 2 aromatic rings. The summed E-state index contributed by atoms with van der Waals surface area (Å²) in [6.45, 7) is 0. The van der Waals surface area contributed by atoms with Crippen LogP contribution in [0.2, 0.25) is 0 Å². The van der Waals surface area contributed by atoms with Crippen molar-refractivity contribution in [3.05, 3.63) is 53.6 Å². The number of rotatable bonds is 4. The van der Waals surface area contributed by atoms with E-state index in [9.17, 15) is 35.1 Å². The molecule has 0 heterocycles. The van der Waals surface area contributed by atoms with Crippen LogP contribution in [-0.4, -0.2) is 12.5 Å². The second-order valence-electron chi connectivity index (χ2n) is 4.36. The molecule has 0 aromatic heterocycles. The molecule has 124 valence electrons. The summed E-state index contributed by atoms with van der Waals surface area (Å²) >= 11 is 0. The quantitative estimate of drug-likeness (QED) is 0.699. The van der Waals surface area contributed by atoms with Gasteiger partial charge in [-0.15, -0.1) is 0 Å². The van der Waals surface area contributed by atoms with Crippen molar-refractivity contribution in [3.8, 4) is 16.9 Å². The van der Waals surface area contributed by atoms with Crippen LogP contribution in [0.5, 0.6) is 5.75 Å². The van der Waals surface area contributed by atoms with Crippen molar-refractivity contribution in [1.82, 2.24) is 0 Å². The Balaban J connectivity index is 2.45. The molecular formula is C14H6F8O. The van der Waals surface area contributed by atoms with Gasteiger partial charge in [0.05, 0.1) is 0 Å². The molecule has 0 radical (unpaired) electrons. The summed E-state index contributed by atoms with van der Waals surface area (Å²) < 4.78 is 106. The van der Waals surface area contributed by atoms with Gasteiger partial charge in [0.1, 0.15) is 11.6 Å². The minimum atomic E-state index is -5.11. The number of alkyl halides is 4. The van der Waals surface area contributed by atoms with E-state index < -0.39 is 52.7 Å². The number of benzene rings is 2. The average Bonchev–Trinajstić information content (AvgIpc) is 2.42. The highest BCUT2D eigenvalue weighted by Gasteiger charge is 2.45. The number of hydrogen-bond acceptors (Lipinski definition) is 1. The summed E-state index contributed by atoms with van der Waals surface area (Å²) in [7, 11) is 0. The minimum Gasteiger partial charge on any atom is -0.422 e. The van der Waals surface area contributed by atoms with Crippen LogP contribution >= 0.6 is 0 Å². The third kappa shape index (κ3) is 3.54. The van der Waals surface area contributed by atoms with E-state index in [0.29, 0.717) is 18.2 Å². The van der Waals surface area contributed by atoms with Crippen LogP contribution in [0.3, 0.4) is 0 Å². The smallest absolute Gasteiger partial charge is 0.422 e. The molecule has 0 saturated heterocycles. The molecule has 0 fully saturated rings. The molecule has 0 bridgehead atoms. The standard InChI is InChI=1S/C14H6F8O/c15-7-1-2-8(9(16)5-7)6-3-10(17)12(11(18)4-6)23-14(21,22)13(19)20/h1-5,13H. The summed E-state index contributed by atoms with van der Waals surface area (Å²) in [5, 5.41) is 0. The van der Waals surface area contributed by atoms with Gasteiger partial charge in [0, 0.05) is 11.6 Å². The third-order valence-corrected chi connectivity index (χ3v) is 2.73. The molecule has 0 aliphatic heterocycles. The SMILES string of the molecule is Fc1ccc(-c2cc(F)c(OC(F)(F)C(F)F)c(F)c2)c(F)c1.